The van der Waals surface area contributed by atoms with Gasteiger partial charge in [0.2, 0.25) is 0 Å². The zero-order valence-corrected chi connectivity index (χ0v) is 19.1. The van der Waals surface area contributed by atoms with Gasteiger partial charge in [-0.2, -0.15) is 5.26 Å². The van der Waals surface area contributed by atoms with Gasteiger partial charge in [0.15, 0.2) is 0 Å². The maximum atomic E-state index is 9.21. The van der Waals surface area contributed by atoms with E-state index in [1.807, 2.05) is 14.0 Å². The van der Waals surface area contributed by atoms with Crippen LogP contribution < -0.4 is 10.6 Å². The molecule has 0 aliphatic heterocycles. The smallest absolute Gasteiger partial charge is 0.140 e. The number of rotatable bonds is 6. The van der Waals surface area contributed by atoms with Crippen LogP contribution in [-0.4, -0.2) is 14.5 Å². The summed E-state index contributed by atoms with van der Waals surface area (Å²) in [7, 11) is 2.01. The Morgan fingerprint density at radius 3 is 2.43 bits per heavy atom. The number of nitriles is 1. The molecule has 3 heterocycles. The fourth-order valence-corrected chi connectivity index (χ4v) is 3.96. The van der Waals surface area contributed by atoms with E-state index in [0.29, 0.717) is 17.4 Å². The molecule has 2 N–H and O–H groups in total. The number of allylic oxidation sites excluding steroid dienone is 1. The van der Waals surface area contributed by atoms with Crippen LogP contribution >= 0.6 is 23.2 Å². The molecule has 3 aromatic rings. The minimum atomic E-state index is -0.151. The number of nitrogens with one attached hydrogen (secondary N) is 2. The van der Waals surface area contributed by atoms with Gasteiger partial charge < -0.3 is 15.2 Å². The zero-order valence-electron chi connectivity index (χ0n) is 17.6. The Morgan fingerprint density at radius 1 is 1.17 bits per heavy atom. The second kappa shape index (κ2) is 8.95. The predicted octanol–water partition coefficient (Wildman–Crippen LogP) is 5.83. The summed E-state index contributed by atoms with van der Waals surface area (Å²) in [4.78, 5) is 8.83. The molecule has 3 aromatic heterocycles. The number of anilines is 1. The molecule has 0 saturated carbocycles. The molecule has 6 nitrogen and oxygen atoms in total. The van der Waals surface area contributed by atoms with Crippen molar-refractivity contribution < 1.29 is 0 Å². The fourth-order valence-electron chi connectivity index (χ4n) is 3.50. The van der Waals surface area contributed by atoms with Gasteiger partial charge in [0.25, 0.3) is 0 Å². The monoisotopic (exact) mass is 442 g/mol. The van der Waals surface area contributed by atoms with Crippen LogP contribution in [0.2, 0.25) is 10.3 Å². The van der Waals surface area contributed by atoms with Crippen molar-refractivity contribution in [3.8, 4) is 6.07 Å². The van der Waals surface area contributed by atoms with E-state index in [4.69, 9.17) is 28.2 Å². The van der Waals surface area contributed by atoms with Crippen molar-refractivity contribution in [3.05, 3.63) is 63.4 Å². The fraction of sp³-hybridized carbons (Fsp3) is 0.318. The van der Waals surface area contributed by atoms with E-state index in [1.54, 1.807) is 12.1 Å². The highest BCUT2D eigenvalue weighted by Crippen LogP contribution is 2.31. The maximum absolute atomic E-state index is 9.21. The van der Waals surface area contributed by atoms with Crippen molar-refractivity contribution >= 4 is 39.9 Å². The van der Waals surface area contributed by atoms with Gasteiger partial charge in [0.05, 0.1) is 23.9 Å². The Balaban J connectivity index is 1.94. The molecule has 0 bridgehead atoms. The number of hydrogen-bond donors (Lipinski definition) is 2. The first-order valence-corrected chi connectivity index (χ1v) is 10.4. The minimum Gasteiger partial charge on any atom is -0.363 e. The van der Waals surface area contributed by atoms with E-state index in [0.717, 1.165) is 11.3 Å². The van der Waals surface area contributed by atoms with Gasteiger partial charge in [-0.1, -0.05) is 37.0 Å². The Hall–Kier alpha value is -2.75. The highest BCUT2D eigenvalue weighted by atomic mass is 35.5. The molecule has 156 valence electrons. The third kappa shape index (κ3) is 4.69. The average molecular weight is 443 g/mol. The Labute approximate surface area is 186 Å². The molecule has 30 heavy (non-hydrogen) atoms. The van der Waals surface area contributed by atoms with Crippen LogP contribution in [0.25, 0.3) is 11.0 Å². The summed E-state index contributed by atoms with van der Waals surface area (Å²) in [5.74, 6) is 0.871. The second-order valence-corrected chi connectivity index (χ2v) is 8.37. The van der Waals surface area contributed by atoms with Gasteiger partial charge in [0, 0.05) is 24.3 Å². The van der Waals surface area contributed by atoms with E-state index in [-0.39, 0.29) is 16.3 Å². The van der Waals surface area contributed by atoms with Crippen LogP contribution in [0.1, 0.15) is 49.6 Å². The molecule has 0 fully saturated rings. The SMILES string of the molecule is Cc1cn(C)c2nc(C(C)N/C(=C/C#N)Nc3cc(Cl)nc(Cl)c3)cc(C(C)C)c12. The average Bonchev–Trinajstić information content (AvgIpc) is 2.94. The predicted molar refractivity (Wildman–Crippen MR) is 123 cm³/mol. The third-order valence-corrected chi connectivity index (χ3v) is 5.24. The van der Waals surface area contributed by atoms with Crippen LogP contribution in [0.5, 0.6) is 0 Å². The second-order valence-electron chi connectivity index (χ2n) is 7.59. The molecule has 8 heteroatoms. The summed E-state index contributed by atoms with van der Waals surface area (Å²) >= 11 is 12.0. The van der Waals surface area contributed by atoms with Gasteiger partial charge >= 0.3 is 0 Å². The molecule has 1 unspecified atom stereocenters. The molecular weight excluding hydrogens is 419 g/mol. The molecule has 0 saturated heterocycles. The van der Waals surface area contributed by atoms with Gasteiger partial charge in [-0.25, -0.2) is 9.97 Å². The van der Waals surface area contributed by atoms with Crippen molar-refractivity contribution in [2.45, 2.75) is 39.7 Å². The lowest BCUT2D eigenvalue weighted by Crippen LogP contribution is -2.24. The molecule has 0 amide bonds. The highest BCUT2D eigenvalue weighted by molar-refractivity contribution is 6.32. The number of pyridine rings is 2. The summed E-state index contributed by atoms with van der Waals surface area (Å²) in [5, 5.41) is 17.4. The van der Waals surface area contributed by atoms with Crippen LogP contribution in [0, 0.1) is 18.3 Å². The van der Waals surface area contributed by atoms with E-state index >= 15 is 0 Å². The van der Waals surface area contributed by atoms with Crippen LogP contribution in [0.4, 0.5) is 5.69 Å². The topological polar surface area (TPSA) is 78.6 Å². The Kier molecular flexibility index (Phi) is 6.55. The summed E-state index contributed by atoms with van der Waals surface area (Å²) < 4.78 is 2.05. The summed E-state index contributed by atoms with van der Waals surface area (Å²) in [6.45, 7) is 8.48. The number of fused-ring (bicyclic) bond motifs is 1. The van der Waals surface area contributed by atoms with Crippen molar-refractivity contribution in [2.24, 2.45) is 7.05 Å². The minimum absolute atomic E-state index is 0.151. The van der Waals surface area contributed by atoms with Crippen LogP contribution in [0.15, 0.2) is 36.3 Å². The Morgan fingerprint density at radius 2 is 1.83 bits per heavy atom. The van der Waals surface area contributed by atoms with E-state index in [2.05, 4.69) is 59.3 Å². The van der Waals surface area contributed by atoms with Gasteiger partial charge in [0.1, 0.15) is 21.8 Å². The lowest BCUT2D eigenvalue weighted by atomic mass is 9.97. The van der Waals surface area contributed by atoms with Gasteiger partial charge in [-0.15, -0.1) is 0 Å². The van der Waals surface area contributed by atoms with Gasteiger partial charge in [-0.3, -0.25) is 0 Å². The van der Waals surface area contributed by atoms with Crippen molar-refractivity contribution in [1.82, 2.24) is 19.9 Å². The molecule has 0 aliphatic rings. The molecule has 0 aliphatic carbocycles. The number of aryl methyl sites for hydroxylation is 2. The number of aromatic nitrogens is 3. The maximum Gasteiger partial charge on any atom is 0.140 e. The lowest BCUT2D eigenvalue weighted by Gasteiger charge is -2.20. The summed E-state index contributed by atoms with van der Waals surface area (Å²) in [6, 6.07) is 7.32. The van der Waals surface area contributed by atoms with Gasteiger partial charge in [-0.05, 0) is 49.1 Å². The molecule has 0 spiro atoms. The van der Waals surface area contributed by atoms with E-state index in [9.17, 15) is 5.26 Å². The van der Waals surface area contributed by atoms with Crippen LogP contribution in [-0.2, 0) is 7.05 Å². The summed E-state index contributed by atoms with van der Waals surface area (Å²) in [6.07, 6.45) is 3.50. The largest absolute Gasteiger partial charge is 0.363 e. The molecule has 1 atom stereocenters. The molecule has 0 aromatic carbocycles. The highest BCUT2D eigenvalue weighted by Gasteiger charge is 2.18. The normalized spacial score (nSPS) is 12.8. The Bertz CT molecular complexity index is 1140. The first kappa shape index (κ1) is 21.9. The molecular formula is C22H24Cl2N6. The van der Waals surface area contributed by atoms with Crippen molar-refractivity contribution in [3.63, 3.8) is 0 Å². The van der Waals surface area contributed by atoms with E-state index in [1.165, 1.54) is 22.6 Å². The standard InChI is InChI=1S/C22H24Cl2N6/c1-12(2)16-10-17(28-22-21(16)13(3)11-30(22)5)14(4)26-20(6-7-25)27-15-8-18(23)29-19(24)9-15/h6,8-12,14,26H,1-5H3,(H,27,29)/b20-6-. The van der Waals surface area contributed by atoms with Crippen LogP contribution in [0.3, 0.4) is 0 Å². The number of nitrogens with zero attached hydrogens (tertiary/aromatic N) is 4. The quantitative estimate of drug-likeness (QED) is 0.370. The first-order valence-electron chi connectivity index (χ1n) is 9.62. The third-order valence-electron chi connectivity index (χ3n) is 4.85. The van der Waals surface area contributed by atoms with Crippen molar-refractivity contribution in [2.75, 3.05) is 5.32 Å². The lowest BCUT2D eigenvalue weighted by molar-refractivity contribution is 0.636. The number of hydrogen-bond acceptors (Lipinski definition) is 5. The first-order chi connectivity index (χ1) is 14.2. The van der Waals surface area contributed by atoms with E-state index < -0.39 is 0 Å². The molecule has 3 rings (SSSR count). The molecule has 0 radical (unpaired) electrons. The summed E-state index contributed by atoms with van der Waals surface area (Å²) in [5.41, 5.74) is 4.95. The zero-order chi connectivity index (χ0) is 22.0. The van der Waals surface area contributed by atoms with Crippen molar-refractivity contribution in [1.29, 1.82) is 5.26 Å². The number of halogens is 2.